The van der Waals surface area contributed by atoms with Crippen LogP contribution >= 0.6 is 0 Å². The van der Waals surface area contributed by atoms with Gasteiger partial charge >= 0.3 is 0 Å². The summed E-state index contributed by atoms with van der Waals surface area (Å²) in [5.41, 5.74) is 1.60. The van der Waals surface area contributed by atoms with Crippen molar-refractivity contribution >= 4 is 5.91 Å². The minimum absolute atomic E-state index is 0.0971. The van der Waals surface area contributed by atoms with Crippen molar-refractivity contribution in [1.29, 1.82) is 0 Å². The maximum Gasteiger partial charge on any atom is 0.222 e. The van der Waals surface area contributed by atoms with E-state index in [4.69, 9.17) is 4.74 Å². The number of nitrogens with zero attached hydrogens (tertiary/aromatic N) is 3. The maximum atomic E-state index is 12.6. The fraction of sp³-hybridized carbons (Fsp3) is 0.500. The Morgan fingerprint density at radius 2 is 2.23 bits per heavy atom. The zero-order valence-electron chi connectivity index (χ0n) is 15.3. The molecular weight excluding hydrogens is 330 g/mol. The van der Waals surface area contributed by atoms with Gasteiger partial charge in [0.05, 0.1) is 26.1 Å². The Morgan fingerprint density at radius 1 is 1.38 bits per heavy atom. The summed E-state index contributed by atoms with van der Waals surface area (Å²) in [5, 5.41) is 10.0. The van der Waals surface area contributed by atoms with E-state index in [2.05, 4.69) is 24.0 Å². The molecule has 0 bridgehead atoms. The lowest BCUT2D eigenvalue weighted by atomic mass is 9.91. The highest BCUT2D eigenvalue weighted by atomic mass is 16.5. The summed E-state index contributed by atoms with van der Waals surface area (Å²) in [5.74, 6) is 0.121. The molecule has 1 N–H and O–H groups in total. The minimum Gasteiger partial charge on any atom is -0.393 e. The van der Waals surface area contributed by atoms with Gasteiger partial charge in [0.2, 0.25) is 5.91 Å². The molecule has 0 aliphatic carbocycles. The summed E-state index contributed by atoms with van der Waals surface area (Å²) in [4.78, 5) is 18.5. The first-order chi connectivity index (χ1) is 12.6. The zero-order valence-corrected chi connectivity index (χ0v) is 15.3. The van der Waals surface area contributed by atoms with Crippen molar-refractivity contribution in [1.82, 2.24) is 14.5 Å². The number of aliphatic hydroxyl groups excluding tert-OH is 1. The van der Waals surface area contributed by atoms with Gasteiger partial charge in [0.15, 0.2) is 0 Å². The van der Waals surface area contributed by atoms with Crippen LogP contribution in [0, 0.1) is 6.92 Å². The van der Waals surface area contributed by atoms with Crippen LogP contribution in [0.1, 0.15) is 24.0 Å². The second-order valence-electron chi connectivity index (χ2n) is 7.01. The van der Waals surface area contributed by atoms with Crippen LogP contribution in [0.25, 0.3) is 0 Å². The van der Waals surface area contributed by atoms with Crippen molar-refractivity contribution < 1.29 is 14.6 Å². The van der Waals surface area contributed by atoms with E-state index in [1.807, 2.05) is 27.8 Å². The Morgan fingerprint density at radius 3 is 2.96 bits per heavy atom. The third-order valence-corrected chi connectivity index (χ3v) is 5.03. The molecule has 1 unspecified atom stereocenters. The Labute approximate surface area is 154 Å². The number of rotatable bonds is 7. The van der Waals surface area contributed by atoms with E-state index in [1.54, 1.807) is 12.5 Å². The SMILES string of the molecule is Cc1ccccc1CC1(CO)CN(C(=O)CCCn2ccnc2)CCO1. The van der Waals surface area contributed by atoms with Gasteiger partial charge in [0.25, 0.3) is 0 Å². The van der Waals surface area contributed by atoms with Crippen LogP contribution < -0.4 is 0 Å². The van der Waals surface area contributed by atoms with E-state index in [0.717, 1.165) is 18.5 Å². The van der Waals surface area contributed by atoms with Gasteiger partial charge < -0.3 is 19.3 Å². The Hall–Kier alpha value is -2.18. The van der Waals surface area contributed by atoms with E-state index in [1.165, 1.54) is 5.56 Å². The molecule has 1 aromatic heterocycles. The maximum absolute atomic E-state index is 12.6. The third kappa shape index (κ3) is 4.51. The number of aliphatic hydroxyl groups is 1. The predicted molar refractivity (Wildman–Crippen MR) is 98.7 cm³/mol. The lowest BCUT2D eigenvalue weighted by Gasteiger charge is -2.42. The second kappa shape index (κ2) is 8.47. The molecule has 2 aromatic rings. The summed E-state index contributed by atoms with van der Waals surface area (Å²) < 4.78 is 7.94. The molecule has 1 aromatic carbocycles. The van der Waals surface area contributed by atoms with Crippen LogP contribution in [0.15, 0.2) is 43.0 Å². The minimum atomic E-state index is -0.718. The van der Waals surface area contributed by atoms with Crippen LogP contribution in [-0.2, 0) is 22.5 Å². The summed E-state index contributed by atoms with van der Waals surface area (Å²) in [6.07, 6.45) is 7.27. The van der Waals surface area contributed by atoms with Gasteiger partial charge in [-0.1, -0.05) is 24.3 Å². The van der Waals surface area contributed by atoms with E-state index in [-0.39, 0.29) is 12.5 Å². The van der Waals surface area contributed by atoms with Crippen molar-refractivity contribution in [3.63, 3.8) is 0 Å². The number of hydrogen-bond acceptors (Lipinski definition) is 4. The topological polar surface area (TPSA) is 67.6 Å². The molecule has 0 saturated carbocycles. The quantitative estimate of drug-likeness (QED) is 0.821. The van der Waals surface area contributed by atoms with Crippen molar-refractivity contribution in [3.05, 3.63) is 54.1 Å². The molecule has 1 atom stereocenters. The second-order valence-corrected chi connectivity index (χ2v) is 7.01. The predicted octanol–water partition coefficient (Wildman–Crippen LogP) is 1.80. The molecule has 6 nitrogen and oxygen atoms in total. The van der Waals surface area contributed by atoms with Crippen LogP contribution in [-0.4, -0.2) is 57.4 Å². The molecule has 0 spiro atoms. The normalized spacial score (nSPS) is 20.3. The van der Waals surface area contributed by atoms with E-state index in [9.17, 15) is 9.90 Å². The Kier molecular flexibility index (Phi) is 6.06. The average molecular weight is 357 g/mol. The fourth-order valence-corrected chi connectivity index (χ4v) is 3.46. The molecule has 3 rings (SSSR count). The molecular formula is C20H27N3O3. The van der Waals surface area contributed by atoms with Crippen molar-refractivity contribution in [3.8, 4) is 0 Å². The number of aryl methyl sites for hydroxylation is 2. The number of benzene rings is 1. The number of ether oxygens (including phenoxy) is 1. The average Bonchev–Trinajstić information content (AvgIpc) is 3.17. The molecule has 1 amide bonds. The van der Waals surface area contributed by atoms with Gasteiger partial charge in [-0.05, 0) is 24.5 Å². The van der Waals surface area contributed by atoms with E-state index in [0.29, 0.717) is 32.5 Å². The number of amides is 1. The van der Waals surface area contributed by atoms with Crippen molar-refractivity contribution in [2.24, 2.45) is 0 Å². The highest BCUT2D eigenvalue weighted by molar-refractivity contribution is 5.76. The highest BCUT2D eigenvalue weighted by Crippen LogP contribution is 2.25. The van der Waals surface area contributed by atoms with Gasteiger partial charge in [-0.3, -0.25) is 4.79 Å². The Balaban J connectivity index is 1.59. The first kappa shape index (κ1) is 18.6. The molecule has 26 heavy (non-hydrogen) atoms. The summed E-state index contributed by atoms with van der Waals surface area (Å²) in [6, 6.07) is 8.11. The van der Waals surface area contributed by atoms with Gasteiger partial charge in [-0.25, -0.2) is 4.98 Å². The number of hydrogen-bond donors (Lipinski definition) is 1. The molecule has 1 fully saturated rings. The smallest absolute Gasteiger partial charge is 0.222 e. The largest absolute Gasteiger partial charge is 0.393 e. The number of aromatic nitrogens is 2. The monoisotopic (exact) mass is 357 g/mol. The summed E-state index contributed by atoms with van der Waals surface area (Å²) in [7, 11) is 0. The highest BCUT2D eigenvalue weighted by Gasteiger charge is 2.38. The molecule has 2 heterocycles. The lowest BCUT2D eigenvalue weighted by molar-refractivity contribution is -0.158. The molecule has 140 valence electrons. The first-order valence-electron chi connectivity index (χ1n) is 9.15. The van der Waals surface area contributed by atoms with Crippen molar-refractivity contribution in [2.45, 2.75) is 38.3 Å². The molecule has 6 heteroatoms. The fourth-order valence-electron chi connectivity index (χ4n) is 3.46. The molecule has 1 aliphatic heterocycles. The van der Waals surface area contributed by atoms with Gasteiger partial charge in [0, 0.05) is 38.3 Å². The molecule has 0 radical (unpaired) electrons. The zero-order chi connectivity index (χ0) is 18.4. The van der Waals surface area contributed by atoms with Crippen LogP contribution in [0.4, 0.5) is 0 Å². The molecule has 1 aliphatic rings. The third-order valence-electron chi connectivity index (χ3n) is 5.03. The van der Waals surface area contributed by atoms with E-state index >= 15 is 0 Å². The van der Waals surface area contributed by atoms with Gasteiger partial charge in [-0.15, -0.1) is 0 Å². The number of morpholine rings is 1. The van der Waals surface area contributed by atoms with Gasteiger partial charge in [0.1, 0.15) is 5.60 Å². The van der Waals surface area contributed by atoms with Crippen LogP contribution in [0.5, 0.6) is 0 Å². The summed E-state index contributed by atoms with van der Waals surface area (Å²) >= 11 is 0. The van der Waals surface area contributed by atoms with Crippen LogP contribution in [0.2, 0.25) is 0 Å². The first-order valence-corrected chi connectivity index (χ1v) is 9.15. The van der Waals surface area contributed by atoms with Crippen molar-refractivity contribution in [2.75, 3.05) is 26.3 Å². The van der Waals surface area contributed by atoms with Crippen LogP contribution in [0.3, 0.4) is 0 Å². The number of carbonyl (C=O) groups is 1. The summed E-state index contributed by atoms with van der Waals surface area (Å²) in [6.45, 7) is 4.22. The van der Waals surface area contributed by atoms with Gasteiger partial charge in [-0.2, -0.15) is 0 Å². The number of carbonyl (C=O) groups excluding carboxylic acids is 1. The van der Waals surface area contributed by atoms with E-state index < -0.39 is 5.60 Å². The molecule has 1 saturated heterocycles. The standard InChI is InChI=1S/C20H27N3O3/c1-17-5-2-3-6-18(17)13-20(15-24)14-23(11-12-26-20)19(25)7-4-9-22-10-8-21-16-22/h2-3,5-6,8,10,16,24H,4,7,9,11-15H2,1H3. The lowest BCUT2D eigenvalue weighted by Crippen LogP contribution is -2.56. The Bertz CT molecular complexity index is 717. The number of imidazole rings is 1.